The van der Waals surface area contributed by atoms with E-state index in [1.165, 1.54) is 11.8 Å². The molecule has 0 bridgehead atoms. The number of amides is 1. The van der Waals surface area contributed by atoms with Crippen LogP contribution in [0.15, 0.2) is 40.4 Å². The van der Waals surface area contributed by atoms with E-state index in [-0.39, 0.29) is 36.1 Å². The molecule has 0 saturated carbocycles. The summed E-state index contributed by atoms with van der Waals surface area (Å²) in [5.41, 5.74) is 1.13. The number of rotatable bonds is 3. The van der Waals surface area contributed by atoms with Gasteiger partial charge < -0.3 is 9.64 Å². The second kappa shape index (κ2) is 7.96. The molecule has 31 heavy (non-hydrogen) atoms. The highest BCUT2D eigenvalue weighted by atomic mass is 35.5. The number of halogens is 1. The summed E-state index contributed by atoms with van der Waals surface area (Å²) in [6.45, 7) is 5.10. The van der Waals surface area contributed by atoms with Gasteiger partial charge in [-0.2, -0.15) is 5.10 Å². The molecule has 162 valence electrons. The van der Waals surface area contributed by atoms with E-state index >= 15 is 0 Å². The summed E-state index contributed by atoms with van der Waals surface area (Å²) < 4.78 is 9.03. The largest absolute Gasteiger partial charge is 0.372 e. The number of hydrogen-bond acceptors (Lipinski definition) is 6. The number of carbonyl (C=O) groups excluding carboxylic acids is 1. The van der Waals surface area contributed by atoms with E-state index in [1.54, 1.807) is 27.6 Å². The first-order chi connectivity index (χ1) is 14.9. The number of hydrogen-bond donors (Lipinski definition) is 0. The van der Waals surface area contributed by atoms with Crippen LogP contribution in [0.5, 0.6) is 0 Å². The monoisotopic (exact) mass is 459 g/mol. The lowest BCUT2D eigenvalue weighted by molar-refractivity contribution is -0.143. The van der Waals surface area contributed by atoms with Gasteiger partial charge in [0.1, 0.15) is 5.39 Å². The highest BCUT2D eigenvalue weighted by Crippen LogP contribution is 2.34. The fraction of sp³-hybridized carbons (Fsp3) is 0.429. The van der Waals surface area contributed by atoms with Gasteiger partial charge in [0, 0.05) is 30.3 Å². The van der Waals surface area contributed by atoms with Crippen molar-refractivity contribution >= 4 is 40.3 Å². The fourth-order valence-corrected chi connectivity index (χ4v) is 5.52. The first-order valence-electron chi connectivity index (χ1n) is 10.2. The smallest absolute Gasteiger partial charge is 0.265 e. The molecule has 1 fully saturated rings. The molecule has 1 aromatic carbocycles. The van der Waals surface area contributed by atoms with Crippen molar-refractivity contribution in [1.82, 2.24) is 24.2 Å². The highest BCUT2D eigenvalue weighted by molar-refractivity contribution is 7.99. The Kier molecular flexibility index (Phi) is 5.27. The Morgan fingerprint density at radius 2 is 1.94 bits per heavy atom. The average molecular weight is 460 g/mol. The first kappa shape index (κ1) is 20.5. The van der Waals surface area contributed by atoms with Crippen LogP contribution in [0.4, 0.5) is 0 Å². The third kappa shape index (κ3) is 3.75. The van der Waals surface area contributed by atoms with Gasteiger partial charge in [-0.3, -0.25) is 14.2 Å². The van der Waals surface area contributed by atoms with E-state index < -0.39 is 0 Å². The molecule has 0 spiro atoms. The van der Waals surface area contributed by atoms with E-state index in [1.807, 2.05) is 30.9 Å². The van der Waals surface area contributed by atoms with Crippen LogP contribution in [0.1, 0.15) is 26.3 Å². The number of fused-ring (bicyclic) bond motifs is 2. The summed E-state index contributed by atoms with van der Waals surface area (Å²) in [6, 6.07) is 6.99. The third-order valence-electron chi connectivity index (χ3n) is 5.62. The third-order valence-corrected chi connectivity index (χ3v) is 6.97. The second-order valence-corrected chi connectivity index (χ2v) is 9.49. The van der Waals surface area contributed by atoms with Crippen molar-refractivity contribution in [2.24, 2.45) is 0 Å². The molecule has 0 radical (unpaired) electrons. The molecule has 2 aliphatic rings. The van der Waals surface area contributed by atoms with Crippen LogP contribution in [-0.2, 0) is 9.53 Å². The maximum atomic E-state index is 13.3. The molecule has 10 heteroatoms. The molecule has 2 aromatic heterocycles. The van der Waals surface area contributed by atoms with Gasteiger partial charge in [0.05, 0.1) is 30.1 Å². The Morgan fingerprint density at radius 1 is 1.23 bits per heavy atom. The molecule has 3 atom stereocenters. The molecule has 0 N–H and O–H groups in total. The lowest BCUT2D eigenvalue weighted by Gasteiger charge is -2.35. The van der Waals surface area contributed by atoms with Crippen molar-refractivity contribution in [3.8, 4) is 5.69 Å². The topological polar surface area (TPSA) is 82.3 Å². The van der Waals surface area contributed by atoms with Crippen LogP contribution < -0.4 is 5.56 Å². The fourth-order valence-electron chi connectivity index (χ4n) is 4.26. The van der Waals surface area contributed by atoms with E-state index in [0.717, 1.165) is 5.69 Å². The molecule has 1 saturated heterocycles. The Hall–Kier alpha value is -2.36. The summed E-state index contributed by atoms with van der Waals surface area (Å²) in [6.07, 6.45) is 1.85. The SMILES string of the molecule is CC1CN(C(=O)CC2CSc3nc4c(cnn4-c4ccc(Cl)cc4)c(=O)n32)CC(C)O1. The molecule has 1 amide bonds. The van der Waals surface area contributed by atoms with Crippen molar-refractivity contribution in [3.05, 3.63) is 45.8 Å². The van der Waals surface area contributed by atoms with Crippen molar-refractivity contribution < 1.29 is 9.53 Å². The molecule has 8 nitrogen and oxygen atoms in total. The average Bonchev–Trinajstić information content (AvgIpc) is 3.33. The summed E-state index contributed by atoms with van der Waals surface area (Å²) in [7, 11) is 0. The predicted molar refractivity (Wildman–Crippen MR) is 119 cm³/mol. The van der Waals surface area contributed by atoms with Gasteiger partial charge in [-0.1, -0.05) is 23.4 Å². The lowest BCUT2D eigenvalue weighted by Crippen LogP contribution is -2.48. The van der Waals surface area contributed by atoms with Gasteiger partial charge in [0.2, 0.25) is 5.91 Å². The molecule has 3 unspecified atom stereocenters. The standard InChI is InChI=1S/C21H22ClN5O3S/c1-12-9-25(10-13(2)30-12)18(28)7-16-11-31-21-24-19-17(20(29)26(16)21)8-23-27(19)15-5-3-14(22)4-6-15/h3-6,8,12-13,16H,7,9-11H2,1-2H3. The van der Waals surface area contributed by atoms with Gasteiger partial charge in [-0.05, 0) is 38.1 Å². The minimum atomic E-state index is -0.218. The number of carbonyl (C=O) groups is 1. The summed E-state index contributed by atoms with van der Waals surface area (Å²) in [4.78, 5) is 32.8. The molecule has 2 aliphatic heterocycles. The van der Waals surface area contributed by atoms with Gasteiger partial charge in [0.25, 0.3) is 5.56 Å². The number of aromatic nitrogens is 4. The number of nitrogens with zero attached hydrogens (tertiary/aromatic N) is 5. The maximum absolute atomic E-state index is 13.3. The Labute approximate surface area is 188 Å². The minimum absolute atomic E-state index is 0.0145. The minimum Gasteiger partial charge on any atom is -0.372 e. The van der Waals surface area contributed by atoms with E-state index in [2.05, 4.69) is 5.10 Å². The zero-order valence-corrected chi connectivity index (χ0v) is 18.8. The second-order valence-electron chi connectivity index (χ2n) is 8.06. The zero-order chi connectivity index (χ0) is 21.7. The normalized spacial score (nSPS) is 23.3. The van der Waals surface area contributed by atoms with Crippen LogP contribution in [0.2, 0.25) is 5.02 Å². The molecular formula is C21H22ClN5O3S. The lowest BCUT2D eigenvalue weighted by atomic mass is 10.1. The number of ether oxygens (including phenoxy) is 1. The van der Waals surface area contributed by atoms with Gasteiger partial charge in [-0.25, -0.2) is 9.67 Å². The van der Waals surface area contributed by atoms with Crippen molar-refractivity contribution in [3.63, 3.8) is 0 Å². The Morgan fingerprint density at radius 3 is 2.65 bits per heavy atom. The summed E-state index contributed by atoms with van der Waals surface area (Å²) in [5, 5.41) is 6.06. The summed E-state index contributed by atoms with van der Waals surface area (Å²) >= 11 is 7.48. The van der Waals surface area contributed by atoms with Gasteiger partial charge >= 0.3 is 0 Å². The first-order valence-corrected chi connectivity index (χ1v) is 11.6. The van der Waals surface area contributed by atoms with Crippen LogP contribution in [0.25, 0.3) is 16.7 Å². The van der Waals surface area contributed by atoms with Crippen LogP contribution in [-0.4, -0.2) is 61.2 Å². The molecule has 4 heterocycles. The van der Waals surface area contributed by atoms with Gasteiger partial charge in [0.15, 0.2) is 10.8 Å². The predicted octanol–water partition coefficient (Wildman–Crippen LogP) is 2.91. The summed E-state index contributed by atoms with van der Waals surface area (Å²) in [5.74, 6) is 0.689. The molecule has 5 rings (SSSR count). The van der Waals surface area contributed by atoms with Crippen LogP contribution >= 0.6 is 23.4 Å². The van der Waals surface area contributed by atoms with Crippen molar-refractivity contribution in [2.45, 2.75) is 43.7 Å². The van der Waals surface area contributed by atoms with Crippen molar-refractivity contribution in [2.75, 3.05) is 18.8 Å². The van der Waals surface area contributed by atoms with Crippen molar-refractivity contribution in [1.29, 1.82) is 0 Å². The zero-order valence-electron chi connectivity index (χ0n) is 17.2. The maximum Gasteiger partial charge on any atom is 0.265 e. The van der Waals surface area contributed by atoms with Gasteiger partial charge in [-0.15, -0.1) is 0 Å². The number of thioether (sulfide) groups is 1. The molecule has 0 aliphatic carbocycles. The highest BCUT2D eigenvalue weighted by Gasteiger charge is 2.33. The Balaban J connectivity index is 1.45. The van der Waals surface area contributed by atoms with E-state index in [9.17, 15) is 9.59 Å². The quantitative estimate of drug-likeness (QED) is 0.560. The Bertz CT molecular complexity index is 1200. The van der Waals surface area contributed by atoms with E-state index in [0.29, 0.717) is 40.1 Å². The number of morpholine rings is 1. The van der Waals surface area contributed by atoms with E-state index in [4.69, 9.17) is 21.3 Å². The van der Waals surface area contributed by atoms with Crippen LogP contribution in [0.3, 0.4) is 0 Å². The van der Waals surface area contributed by atoms with Crippen LogP contribution in [0, 0.1) is 0 Å². The molecular weight excluding hydrogens is 438 g/mol. The molecule has 3 aromatic rings. The number of benzene rings is 1.